The highest BCUT2D eigenvalue weighted by Gasteiger charge is 2.14. The molecule has 0 fully saturated rings. The lowest BCUT2D eigenvalue weighted by Gasteiger charge is -2.33. The Balaban J connectivity index is 3.98. The van der Waals surface area contributed by atoms with Gasteiger partial charge in [-0.25, -0.2) is 11.1 Å². The first-order valence-corrected chi connectivity index (χ1v) is 13.5. The topological polar surface area (TPSA) is 3.24 Å². The summed E-state index contributed by atoms with van der Waals surface area (Å²) in [5, 5.41) is 0. The molecule has 0 aromatic rings. The molecule has 0 N–H and O–H groups in total. The van der Waals surface area contributed by atoms with Crippen LogP contribution in [-0.4, -0.2) is 37.5 Å². The van der Waals surface area contributed by atoms with Gasteiger partial charge in [0.2, 0.25) is 0 Å². The molecule has 1 unspecified atom stereocenters. The van der Waals surface area contributed by atoms with Gasteiger partial charge in [0.15, 0.2) is 0 Å². The molecule has 0 aliphatic carbocycles. The first-order chi connectivity index (χ1) is 8.40. The predicted octanol–water partition coefficient (Wildman–Crippen LogP) is 5.16. The van der Waals surface area contributed by atoms with E-state index in [9.17, 15) is 0 Å². The molecule has 0 amide bonds. The SMILES string of the molecule is CCCCN(CCCC)[SH](C)CCC[Si](C)(C)C. The van der Waals surface area contributed by atoms with Crippen LogP contribution in [-0.2, 0) is 0 Å². The number of hydrogen-bond donors (Lipinski definition) is 1. The highest BCUT2D eigenvalue weighted by atomic mass is 32.2. The Bertz CT molecular complexity index is 183. The molecule has 0 rings (SSSR count). The van der Waals surface area contributed by atoms with Crippen molar-refractivity contribution in [1.29, 1.82) is 0 Å². The van der Waals surface area contributed by atoms with Crippen LogP contribution in [0.15, 0.2) is 0 Å². The van der Waals surface area contributed by atoms with E-state index < -0.39 is 8.07 Å². The van der Waals surface area contributed by atoms with E-state index in [-0.39, 0.29) is 11.1 Å². The first kappa shape index (κ1) is 18.5. The lowest BCUT2D eigenvalue weighted by molar-refractivity contribution is 0.439. The summed E-state index contributed by atoms with van der Waals surface area (Å²) < 4.78 is 2.80. The van der Waals surface area contributed by atoms with Crippen molar-refractivity contribution in [3.05, 3.63) is 0 Å². The smallest absolute Gasteiger partial charge is 0.0442 e. The van der Waals surface area contributed by atoms with E-state index in [2.05, 4.69) is 44.0 Å². The van der Waals surface area contributed by atoms with Crippen LogP contribution in [0, 0.1) is 0 Å². The maximum atomic E-state index is 2.80. The van der Waals surface area contributed by atoms with E-state index in [1.54, 1.807) is 0 Å². The molecule has 0 aromatic carbocycles. The molecule has 0 bridgehead atoms. The van der Waals surface area contributed by atoms with Crippen LogP contribution in [0.1, 0.15) is 46.0 Å². The molecule has 1 atom stereocenters. The molecule has 3 heteroatoms. The second kappa shape index (κ2) is 10.3. The third kappa shape index (κ3) is 10.4. The minimum atomic E-state index is -0.818. The van der Waals surface area contributed by atoms with Gasteiger partial charge < -0.3 is 0 Å². The van der Waals surface area contributed by atoms with Crippen LogP contribution in [0.5, 0.6) is 0 Å². The lowest BCUT2D eigenvalue weighted by Crippen LogP contribution is -2.25. The van der Waals surface area contributed by atoms with Crippen molar-refractivity contribution in [3.63, 3.8) is 0 Å². The largest absolute Gasteiger partial charge is 0.270 e. The van der Waals surface area contributed by atoms with Gasteiger partial charge in [-0.2, -0.15) is 0 Å². The minimum Gasteiger partial charge on any atom is -0.270 e. The Morgan fingerprint density at radius 2 is 1.39 bits per heavy atom. The molecule has 0 spiro atoms. The van der Waals surface area contributed by atoms with Crippen LogP contribution in [0.25, 0.3) is 0 Å². The predicted molar refractivity (Wildman–Crippen MR) is 93.9 cm³/mol. The van der Waals surface area contributed by atoms with Crippen LogP contribution < -0.4 is 0 Å². The second-order valence-corrected chi connectivity index (χ2v) is 14.7. The van der Waals surface area contributed by atoms with Crippen molar-refractivity contribution >= 4 is 19.2 Å². The van der Waals surface area contributed by atoms with Crippen LogP contribution in [0.3, 0.4) is 0 Å². The summed E-state index contributed by atoms with van der Waals surface area (Å²) in [5.41, 5.74) is 0. The van der Waals surface area contributed by atoms with Gasteiger partial charge in [-0.1, -0.05) is 52.4 Å². The molecular weight excluding hydrogens is 254 g/mol. The second-order valence-electron chi connectivity index (χ2n) is 6.71. The van der Waals surface area contributed by atoms with Gasteiger partial charge in [-0.05, 0) is 31.3 Å². The van der Waals surface area contributed by atoms with E-state index in [0.29, 0.717) is 0 Å². The molecule has 112 valence electrons. The Morgan fingerprint density at radius 3 is 1.78 bits per heavy atom. The molecule has 0 radical (unpaired) electrons. The average molecular weight is 292 g/mol. The van der Waals surface area contributed by atoms with Gasteiger partial charge in [0.05, 0.1) is 0 Å². The zero-order chi connectivity index (χ0) is 14.0. The Morgan fingerprint density at radius 1 is 0.889 bits per heavy atom. The molecule has 18 heavy (non-hydrogen) atoms. The molecule has 0 aliphatic heterocycles. The fourth-order valence-corrected chi connectivity index (χ4v) is 5.51. The number of hydrogen-bond acceptors (Lipinski definition) is 1. The fraction of sp³-hybridized carbons (Fsp3) is 1.00. The highest BCUT2D eigenvalue weighted by Crippen LogP contribution is 2.29. The Hall–Kier alpha value is 0.527. The van der Waals surface area contributed by atoms with Gasteiger partial charge >= 0.3 is 0 Å². The monoisotopic (exact) mass is 291 g/mol. The van der Waals surface area contributed by atoms with Gasteiger partial charge in [0.1, 0.15) is 0 Å². The highest BCUT2D eigenvalue weighted by molar-refractivity contribution is 8.14. The third-order valence-corrected chi connectivity index (χ3v) is 7.61. The molecular formula is C15H37NSSi. The van der Waals surface area contributed by atoms with Crippen LogP contribution in [0.4, 0.5) is 0 Å². The van der Waals surface area contributed by atoms with Crippen molar-refractivity contribution in [2.45, 2.75) is 71.6 Å². The number of rotatable bonds is 11. The van der Waals surface area contributed by atoms with Crippen LogP contribution >= 0.6 is 11.1 Å². The molecule has 0 aromatic heterocycles. The van der Waals surface area contributed by atoms with E-state index in [1.807, 2.05) is 0 Å². The summed E-state index contributed by atoms with van der Waals surface area (Å²) >= 11 is 0.135. The number of thiol groups is 1. The zero-order valence-electron chi connectivity index (χ0n) is 13.8. The van der Waals surface area contributed by atoms with Gasteiger partial charge in [-0.3, -0.25) is 4.31 Å². The van der Waals surface area contributed by atoms with Crippen molar-refractivity contribution in [2.24, 2.45) is 0 Å². The van der Waals surface area contributed by atoms with E-state index in [0.717, 1.165) is 0 Å². The van der Waals surface area contributed by atoms with E-state index >= 15 is 0 Å². The quantitative estimate of drug-likeness (QED) is 0.406. The molecule has 1 nitrogen and oxygen atoms in total. The summed E-state index contributed by atoms with van der Waals surface area (Å²) in [7, 11) is -0.818. The maximum Gasteiger partial charge on any atom is 0.0442 e. The Kier molecular flexibility index (Phi) is 10.6. The number of nitrogens with zero attached hydrogens (tertiary/aromatic N) is 1. The van der Waals surface area contributed by atoms with Crippen molar-refractivity contribution in [1.82, 2.24) is 4.31 Å². The summed E-state index contributed by atoms with van der Waals surface area (Å²) in [6, 6.07) is 1.51. The first-order valence-electron chi connectivity index (χ1n) is 7.86. The minimum absolute atomic E-state index is 0.135. The Labute approximate surface area is 120 Å². The van der Waals surface area contributed by atoms with E-state index in [4.69, 9.17) is 0 Å². The van der Waals surface area contributed by atoms with Gasteiger partial charge in [-0.15, -0.1) is 0 Å². The van der Waals surface area contributed by atoms with Crippen molar-refractivity contribution in [2.75, 3.05) is 25.1 Å². The van der Waals surface area contributed by atoms with Crippen LogP contribution in [0.2, 0.25) is 25.7 Å². The summed E-state index contributed by atoms with van der Waals surface area (Å²) in [4.78, 5) is 0. The summed E-state index contributed by atoms with van der Waals surface area (Å²) in [6.45, 7) is 14.8. The fourth-order valence-electron chi connectivity index (χ4n) is 2.11. The standard InChI is InChI=1S/C15H37NSSi/c1-7-9-12-16(13-10-8-2)17(3)14-11-15-18(4,5)6/h17H,7-15H2,1-6H3. The number of unbranched alkanes of at least 4 members (excludes halogenated alkanes) is 2. The maximum absolute atomic E-state index is 2.80. The van der Waals surface area contributed by atoms with Crippen molar-refractivity contribution in [3.8, 4) is 0 Å². The molecule has 0 aliphatic rings. The van der Waals surface area contributed by atoms with Gasteiger partial charge in [0, 0.05) is 21.2 Å². The third-order valence-electron chi connectivity index (χ3n) is 3.43. The van der Waals surface area contributed by atoms with Gasteiger partial charge in [0.25, 0.3) is 0 Å². The zero-order valence-corrected chi connectivity index (χ0v) is 15.7. The molecule has 0 heterocycles. The lowest BCUT2D eigenvalue weighted by atomic mass is 10.3. The average Bonchev–Trinajstić information content (AvgIpc) is 2.27. The van der Waals surface area contributed by atoms with E-state index in [1.165, 1.54) is 57.0 Å². The molecule has 0 saturated heterocycles. The summed E-state index contributed by atoms with van der Waals surface area (Å²) in [6.07, 6.45) is 9.40. The van der Waals surface area contributed by atoms with Crippen molar-refractivity contribution < 1.29 is 0 Å². The summed E-state index contributed by atoms with van der Waals surface area (Å²) in [5.74, 6) is 1.47. The normalized spacial score (nSPS) is 15.2. The molecule has 0 saturated carbocycles.